The van der Waals surface area contributed by atoms with Gasteiger partial charge in [-0.2, -0.15) is 0 Å². The summed E-state index contributed by atoms with van der Waals surface area (Å²) in [5, 5.41) is 2.88. The van der Waals surface area contributed by atoms with Gasteiger partial charge < -0.3 is 5.32 Å². The number of nitrogens with zero attached hydrogens (tertiary/aromatic N) is 1. The van der Waals surface area contributed by atoms with E-state index in [1.54, 1.807) is 0 Å². The van der Waals surface area contributed by atoms with Gasteiger partial charge in [-0.15, -0.1) is 0 Å². The monoisotopic (exact) mass is 194 g/mol. The lowest BCUT2D eigenvalue weighted by molar-refractivity contribution is -0.117. The molecule has 1 aliphatic heterocycles. The van der Waals surface area contributed by atoms with Gasteiger partial charge in [0.15, 0.2) is 0 Å². The molecule has 1 heterocycles. The number of amidine groups is 1. The van der Waals surface area contributed by atoms with Crippen LogP contribution in [0.15, 0.2) is 4.99 Å². The molecule has 2 rings (SSSR count). The molecule has 78 valence electrons. The van der Waals surface area contributed by atoms with Gasteiger partial charge in [-0.05, 0) is 12.8 Å². The molecule has 14 heavy (non-hydrogen) atoms. The Morgan fingerprint density at radius 3 is 2.29 bits per heavy atom. The molecule has 1 amide bonds. The number of amides is 1. The van der Waals surface area contributed by atoms with Crippen LogP contribution in [0.1, 0.15) is 44.9 Å². The third kappa shape index (κ3) is 2.34. The number of nitrogens with one attached hydrogen (secondary N) is 1. The molecule has 1 fully saturated rings. The summed E-state index contributed by atoms with van der Waals surface area (Å²) in [7, 11) is 0. The summed E-state index contributed by atoms with van der Waals surface area (Å²) >= 11 is 0. The molecule has 0 atom stereocenters. The van der Waals surface area contributed by atoms with Gasteiger partial charge in [-0.25, -0.2) is 0 Å². The summed E-state index contributed by atoms with van der Waals surface area (Å²) in [5.74, 6) is 1.57. The predicted octanol–water partition coefficient (Wildman–Crippen LogP) is 1.88. The zero-order valence-electron chi connectivity index (χ0n) is 8.59. The zero-order valence-corrected chi connectivity index (χ0v) is 8.59. The average molecular weight is 194 g/mol. The number of aliphatic imine (C=N–C) groups is 1. The highest BCUT2D eigenvalue weighted by molar-refractivity contribution is 6.04. The van der Waals surface area contributed by atoms with Crippen molar-refractivity contribution < 1.29 is 4.79 Å². The minimum atomic E-state index is 0.0714. The van der Waals surface area contributed by atoms with Crippen molar-refractivity contribution in [2.75, 3.05) is 6.54 Å². The average Bonchev–Trinajstić information content (AvgIpc) is 2.51. The Labute approximate surface area is 85.0 Å². The van der Waals surface area contributed by atoms with Crippen molar-refractivity contribution in [3.63, 3.8) is 0 Å². The summed E-state index contributed by atoms with van der Waals surface area (Å²) in [6.45, 7) is 0.353. The Morgan fingerprint density at radius 1 is 1.07 bits per heavy atom. The van der Waals surface area contributed by atoms with E-state index in [4.69, 9.17) is 0 Å². The SMILES string of the molecule is O=C1CN=C(C2CCCCCCC2)N1. The van der Waals surface area contributed by atoms with Crippen molar-refractivity contribution in [1.29, 1.82) is 0 Å². The van der Waals surface area contributed by atoms with Crippen LogP contribution in [0, 0.1) is 5.92 Å². The van der Waals surface area contributed by atoms with Crippen LogP contribution in [0.4, 0.5) is 0 Å². The molecule has 0 radical (unpaired) electrons. The number of hydrogen-bond donors (Lipinski definition) is 1. The van der Waals surface area contributed by atoms with Crippen LogP contribution in [0.3, 0.4) is 0 Å². The summed E-state index contributed by atoms with van der Waals surface area (Å²) in [4.78, 5) is 15.3. The van der Waals surface area contributed by atoms with E-state index in [1.165, 1.54) is 44.9 Å². The summed E-state index contributed by atoms with van der Waals surface area (Å²) < 4.78 is 0. The molecule has 1 saturated carbocycles. The van der Waals surface area contributed by atoms with E-state index in [0.717, 1.165) is 5.84 Å². The lowest BCUT2D eigenvalue weighted by Gasteiger charge is -2.19. The van der Waals surface area contributed by atoms with Gasteiger partial charge in [0.2, 0.25) is 5.91 Å². The molecular formula is C11H18N2O. The minimum Gasteiger partial charge on any atom is -0.313 e. The Morgan fingerprint density at radius 2 is 1.71 bits per heavy atom. The molecule has 0 aromatic heterocycles. The van der Waals surface area contributed by atoms with E-state index in [-0.39, 0.29) is 5.91 Å². The van der Waals surface area contributed by atoms with Gasteiger partial charge in [0.05, 0.1) is 0 Å². The van der Waals surface area contributed by atoms with Crippen LogP contribution < -0.4 is 5.32 Å². The van der Waals surface area contributed by atoms with Crippen LogP contribution in [-0.4, -0.2) is 18.3 Å². The second-order valence-electron chi connectivity index (χ2n) is 4.29. The maximum absolute atomic E-state index is 11.0. The third-order valence-electron chi connectivity index (χ3n) is 3.15. The van der Waals surface area contributed by atoms with Gasteiger partial charge in [-0.1, -0.05) is 32.1 Å². The first kappa shape index (κ1) is 9.69. The summed E-state index contributed by atoms with van der Waals surface area (Å²) in [5.41, 5.74) is 0. The molecule has 2 aliphatic rings. The first-order valence-electron chi connectivity index (χ1n) is 5.70. The predicted molar refractivity (Wildman–Crippen MR) is 56.3 cm³/mol. The topological polar surface area (TPSA) is 41.5 Å². The van der Waals surface area contributed by atoms with Gasteiger partial charge in [-0.3, -0.25) is 9.79 Å². The van der Waals surface area contributed by atoms with Crippen LogP contribution in [0.5, 0.6) is 0 Å². The first-order chi connectivity index (χ1) is 6.86. The summed E-state index contributed by atoms with van der Waals surface area (Å²) in [6.07, 6.45) is 9.07. The van der Waals surface area contributed by atoms with Gasteiger partial charge in [0, 0.05) is 5.92 Å². The highest BCUT2D eigenvalue weighted by Crippen LogP contribution is 2.23. The lowest BCUT2D eigenvalue weighted by atomic mass is 9.90. The molecule has 3 nitrogen and oxygen atoms in total. The van der Waals surface area contributed by atoms with Crippen molar-refractivity contribution in [2.24, 2.45) is 10.9 Å². The molecule has 3 heteroatoms. The number of carbonyl (C=O) groups excluding carboxylic acids is 1. The Hall–Kier alpha value is -0.860. The van der Waals surface area contributed by atoms with Crippen LogP contribution in [0.25, 0.3) is 0 Å². The highest BCUT2D eigenvalue weighted by atomic mass is 16.2. The van der Waals surface area contributed by atoms with E-state index in [2.05, 4.69) is 10.3 Å². The quantitative estimate of drug-likeness (QED) is 0.680. The first-order valence-corrected chi connectivity index (χ1v) is 5.70. The van der Waals surface area contributed by atoms with Crippen LogP contribution in [-0.2, 0) is 4.79 Å². The lowest BCUT2D eigenvalue weighted by Crippen LogP contribution is -2.31. The molecular weight excluding hydrogens is 176 g/mol. The maximum atomic E-state index is 11.0. The second kappa shape index (κ2) is 4.58. The van der Waals surface area contributed by atoms with E-state index < -0.39 is 0 Å². The second-order valence-corrected chi connectivity index (χ2v) is 4.29. The van der Waals surface area contributed by atoms with E-state index in [0.29, 0.717) is 12.5 Å². The fourth-order valence-corrected chi connectivity index (χ4v) is 2.34. The molecule has 1 N–H and O–H groups in total. The highest BCUT2D eigenvalue weighted by Gasteiger charge is 2.22. The number of hydrogen-bond acceptors (Lipinski definition) is 2. The largest absolute Gasteiger partial charge is 0.313 e. The van der Waals surface area contributed by atoms with Gasteiger partial charge in [0.1, 0.15) is 12.4 Å². The molecule has 0 aromatic carbocycles. The number of carbonyl (C=O) groups is 1. The van der Waals surface area contributed by atoms with Crippen molar-refractivity contribution in [1.82, 2.24) is 5.32 Å². The zero-order chi connectivity index (χ0) is 9.80. The smallest absolute Gasteiger partial charge is 0.247 e. The van der Waals surface area contributed by atoms with Gasteiger partial charge >= 0.3 is 0 Å². The van der Waals surface area contributed by atoms with E-state index in [1.807, 2.05) is 0 Å². The molecule has 0 spiro atoms. The summed E-state index contributed by atoms with van der Waals surface area (Å²) in [6, 6.07) is 0. The molecule has 1 aliphatic carbocycles. The fraction of sp³-hybridized carbons (Fsp3) is 0.818. The Bertz CT molecular complexity index is 240. The molecule has 0 saturated heterocycles. The van der Waals surface area contributed by atoms with Crippen molar-refractivity contribution in [3.8, 4) is 0 Å². The van der Waals surface area contributed by atoms with Crippen molar-refractivity contribution in [3.05, 3.63) is 0 Å². The standard InChI is InChI=1S/C11H18N2O/c14-10-8-12-11(13-10)9-6-4-2-1-3-5-7-9/h9H,1-8H2,(H,12,13,14). The Kier molecular flexibility index (Phi) is 3.17. The van der Waals surface area contributed by atoms with Crippen LogP contribution in [0.2, 0.25) is 0 Å². The minimum absolute atomic E-state index is 0.0714. The molecule has 0 bridgehead atoms. The van der Waals surface area contributed by atoms with E-state index >= 15 is 0 Å². The van der Waals surface area contributed by atoms with Crippen LogP contribution >= 0.6 is 0 Å². The van der Waals surface area contributed by atoms with Crippen molar-refractivity contribution in [2.45, 2.75) is 44.9 Å². The maximum Gasteiger partial charge on any atom is 0.247 e. The number of rotatable bonds is 1. The molecule has 0 unspecified atom stereocenters. The fourth-order valence-electron chi connectivity index (χ4n) is 2.34. The Balaban J connectivity index is 1.91. The van der Waals surface area contributed by atoms with Gasteiger partial charge in [0.25, 0.3) is 0 Å². The van der Waals surface area contributed by atoms with Crippen molar-refractivity contribution >= 4 is 11.7 Å². The van der Waals surface area contributed by atoms with E-state index in [9.17, 15) is 4.79 Å². The molecule has 0 aromatic rings. The normalized spacial score (nSPS) is 25.1. The third-order valence-corrected chi connectivity index (χ3v) is 3.15.